The van der Waals surface area contributed by atoms with Crippen molar-refractivity contribution in [2.75, 3.05) is 13.2 Å². The van der Waals surface area contributed by atoms with Crippen LogP contribution in [0.1, 0.15) is 25.3 Å². The van der Waals surface area contributed by atoms with Gasteiger partial charge in [-0.3, -0.25) is 0 Å². The molecule has 0 aromatic heterocycles. The van der Waals surface area contributed by atoms with Gasteiger partial charge in [0.05, 0.1) is 6.61 Å². The Morgan fingerprint density at radius 1 is 1.33 bits per heavy atom. The number of hydrogen-bond acceptors (Lipinski definition) is 2. The number of rotatable bonds is 3. The summed E-state index contributed by atoms with van der Waals surface area (Å²) < 4.78 is 5.51. The lowest BCUT2D eigenvalue weighted by atomic mass is 9.94. The quantitative estimate of drug-likeness (QED) is 0.818. The number of benzene rings is 1. The maximum Gasteiger partial charge on any atom is 0.0645 e. The molecule has 2 heteroatoms. The molecule has 0 amide bonds. The summed E-state index contributed by atoms with van der Waals surface area (Å²) in [6.45, 7) is 4.93. The summed E-state index contributed by atoms with van der Waals surface area (Å²) in [4.78, 5) is 0. The van der Waals surface area contributed by atoms with E-state index < -0.39 is 0 Å². The summed E-state index contributed by atoms with van der Waals surface area (Å²) in [5, 5.41) is 3.59. The fourth-order valence-electron chi connectivity index (χ4n) is 1.98. The highest BCUT2D eigenvalue weighted by molar-refractivity contribution is 5.14. The third-order valence-electron chi connectivity index (χ3n) is 3.00. The minimum Gasteiger partial charge on any atom is -0.380 e. The van der Waals surface area contributed by atoms with E-state index in [1.54, 1.807) is 0 Å². The van der Waals surface area contributed by atoms with Gasteiger partial charge in [-0.25, -0.2) is 0 Å². The molecule has 82 valence electrons. The molecule has 1 aliphatic heterocycles. The Bertz CT molecular complexity index is 291. The average Bonchev–Trinajstić information content (AvgIpc) is 2.29. The van der Waals surface area contributed by atoms with E-state index in [-0.39, 0.29) is 5.54 Å². The third kappa shape index (κ3) is 3.05. The predicted octanol–water partition coefficient (Wildman–Crippen LogP) is 2.35. The number of hydrogen-bond donors (Lipinski definition) is 1. The SMILES string of the molecule is CC1(NCc2ccccc2)CCCOC1. The van der Waals surface area contributed by atoms with Gasteiger partial charge in [-0.05, 0) is 25.3 Å². The normalized spacial score (nSPS) is 26.5. The van der Waals surface area contributed by atoms with E-state index in [1.165, 1.54) is 12.0 Å². The number of ether oxygens (including phenoxy) is 1. The molecule has 1 heterocycles. The molecule has 1 saturated heterocycles. The van der Waals surface area contributed by atoms with Crippen molar-refractivity contribution in [3.8, 4) is 0 Å². The maximum atomic E-state index is 5.51. The highest BCUT2D eigenvalue weighted by atomic mass is 16.5. The maximum absolute atomic E-state index is 5.51. The molecule has 1 aliphatic rings. The van der Waals surface area contributed by atoms with Crippen LogP contribution in [0.15, 0.2) is 30.3 Å². The second kappa shape index (κ2) is 4.77. The Labute approximate surface area is 91.6 Å². The minimum absolute atomic E-state index is 0.161. The summed E-state index contributed by atoms with van der Waals surface area (Å²) in [6.07, 6.45) is 2.37. The first-order valence-corrected chi connectivity index (χ1v) is 5.65. The second-order valence-corrected chi connectivity index (χ2v) is 4.56. The monoisotopic (exact) mass is 205 g/mol. The van der Waals surface area contributed by atoms with Crippen LogP contribution in [-0.2, 0) is 11.3 Å². The lowest BCUT2D eigenvalue weighted by Gasteiger charge is -2.34. The first kappa shape index (κ1) is 10.7. The molecule has 1 aromatic carbocycles. The van der Waals surface area contributed by atoms with Gasteiger partial charge in [0.2, 0.25) is 0 Å². The Morgan fingerprint density at radius 3 is 2.80 bits per heavy atom. The van der Waals surface area contributed by atoms with Crippen LogP contribution >= 0.6 is 0 Å². The third-order valence-corrected chi connectivity index (χ3v) is 3.00. The van der Waals surface area contributed by atoms with Gasteiger partial charge in [0, 0.05) is 18.7 Å². The van der Waals surface area contributed by atoms with Crippen LogP contribution in [0.2, 0.25) is 0 Å². The van der Waals surface area contributed by atoms with Crippen molar-refractivity contribution in [2.24, 2.45) is 0 Å². The van der Waals surface area contributed by atoms with Crippen LogP contribution in [-0.4, -0.2) is 18.8 Å². The highest BCUT2D eigenvalue weighted by Crippen LogP contribution is 2.18. The van der Waals surface area contributed by atoms with Gasteiger partial charge in [0.15, 0.2) is 0 Å². The highest BCUT2D eigenvalue weighted by Gasteiger charge is 2.26. The zero-order valence-electron chi connectivity index (χ0n) is 9.33. The van der Waals surface area contributed by atoms with Crippen molar-refractivity contribution in [3.63, 3.8) is 0 Å². The Morgan fingerprint density at radius 2 is 2.13 bits per heavy atom. The molecule has 2 nitrogen and oxygen atoms in total. The zero-order valence-corrected chi connectivity index (χ0v) is 9.33. The molecule has 1 unspecified atom stereocenters. The van der Waals surface area contributed by atoms with Crippen LogP contribution < -0.4 is 5.32 Å². The van der Waals surface area contributed by atoms with Gasteiger partial charge in [-0.15, -0.1) is 0 Å². The molecular weight excluding hydrogens is 186 g/mol. The topological polar surface area (TPSA) is 21.3 Å². The van der Waals surface area contributed by atoms with E-state index in [0.717, 1.165) is 26.2 Å². The lowest BCUT2D eigenvalue weighted by Crippen LogP contribution is -2.48. The first-order valence-electron chi connectivity index (χ1n) is 5.65. The average molecular weight is 205 g/mol. The van der Waals surface area contributed by atoms with Gasteiger partial charge < -0.3 is 10.1 Å². The molecule has 1 aromatic rings. The summed E-state index contributed by atoms with van der Waals surface area (Å²) in [5.74, 6) is 0. The molecule has 1 N–H and O–H groups in total. The van der Waals surface area contributed by atoms with Crippen molar-refractivity contribution in [1.82, 2.24) is 5.32 Å². The van der Waals surface area contributed by atoms with Crippen LogP contribution in [0.4, 0.5) is 0 Å². The summed E-state index contributed by atoms with van der Waals surface area (Å²) in [5.41, 5.74) is 1.50. The van der Waals surface area contributed by atoms with Crippen molar-refractivity contribution in [1.29, 1.82) is 0 Å². The van der Waals surface area contributed by atoms with Crippen LogP contribution in [0.3, 0.4) is 0 Å². The van der Waals surface area contributed by atoms with Crippen molar-refractivity contribution >= 4 is 0 Å². The fraction of sp³-hybridized carbons (Fsp3) is 0.538. The molecule has 0 bridgehead atoms. The lowest BCUT2D eigenvalue weighted by molar-refractivity contribution is 0.0278. The van der Waals surface area contributed by atoms with E-state index in [2.05, 4.69) is 42.6 Å². The van der Waals surface area contributed by atoms with E-state index >= 15 is 0 Å². The molecular formula is C13H19NO. The fourth-order valence-corrected chi connectivity index (χ4v) is 1.98. The summed E-state index contributed by atoms with van der Waals surface area (Å²) in [6, 6.07) is 10.5. The molecule has 0 radical (unpaired) electrons. The van der Waals surface area contributed by atoms with E-state index in [4.69, 9.17) is 4.74 Å². The smallest absolute Gasteiger partial charge is 0.0645 e. The summed E-state index contributed by atoms with van der Waals surface area (Å²) in [7, 11) is 0. The Balaban J connectivity index is 1.87. The molecule has 1 fully saturated rings. The predicted molar refractivity (Wildman–Crippen MR) is 61.7 cm³/mol. The summed E-state index contributed by atoms with van der Waals surface area (Å²) >= 11 is 0. The van der Waals surface area contributed by atoms with Crippen molar-refractivity contribution < 1.29 is 4.74 Å². The molecule has 0 spiro atoms. The van der Waals surface area contributed by atoms with Gasteiger partial charge in [-0.2, -0.15) is 0 Å². The van der Waals surface area contributed by atoms with Crippen molar-refractivity contribution in [3.05, 3.63) is 35.9 Å². The van der Waals surface area contributed by atoms with E-state index in [1.807, 2.05) is 0 Å². The van der Waals surface area contributed by atoms with Gasteiger partial charge >= 0.3 is 0 Å². The largest absolute Gasteiger partial charge is 0.380 e. The first-order chi connectivity index (χ1) is 7.29. The van der Waals surface area contributed by atoms with Crippen LogP contribution in [0.5, 0.6) is 0 Å². The van der Waals surface area contributed by atoms with E-state index in [9.17, 15) is 0 Å². The van der Waals surface area contributed by atoms with Gasteiger partial charge in [0.1, 0.15) is 0 Å². The van der Waals surface area contributed by atoms with E-state index in [0.29, 0.717) is 0 Å². The minimum atomic E-state index is 0.161. The molecule has 2 rings (SSSR count). The second-order valence-electron chi connectivity index (χ2n) is 4.56. The van der Waals surface area contributed by atoms with Crippen LogP contribution in [0, 0.1) is 0 Å². The molecule has 1 atom stereocenters. The standard InChI is InChI=1S/C13H19NO/c1-13(8-5-9-15-11-13)14-10-12-6-3-2-4-7-12/h2-4,6-7,14H,5,8-11H2,1H3. The zero-order chi connectivity index (χ0) is 10.6. The number of nitrogens with one attached hydrogen (secondary N) is 1. The van der Waals surface area contributed by atoms with Crippen LogP contribution in [0.25, 0.3) is 0 Å². The molecule has 0 aliphatic carbocycles. The Kier molecular flexibility index (Phi) is 3.39. The Hall–Kier alpha value is -0.860. The van der Waals surface area contributed by atoms with Crippen molar-refractivity contribution in [2.45, 2.75) is 31.8 Å². The molecule has 0 saturated carbocycles. The van der Waals surface area contributed by atoms with Gasteiger partial charge in [-0.1, -0.05) is 30.3 Å². The molecule has 15 heavy (non-hydrogen) atoms. The van der Waals surface area contributed by atoms with Gasteiger partial charge in [0.25, 0.3) is 0 Å².